The van der Waals surface area contributed by atoms with Crippen LogP contribution >= 0.6 is 0 Å². The summed E-state index contributed by atoms with van der Waals surface area (Å²) >= 11 is 0. The van der Waals surface area contributed by atoms with Gasteiger partial charge in [0.05, 0.1) is 0 Å². The Morgan fingerprint density at radius 1 is 1.37 bits per heavy atom. The molecule has 0 amide bonds. The van der Waals surface area contributed by atoms with Gasteiger partial charge in [-0.2, -0.15) is 0 Å². The molecular weight excluding hydrogens is 240 g/mol. The molecule has 1 aromatic rings. The maximum Gasteiger partial charge on any atom is 0.205 e. The Morgan fingerprint density at radius 2 is 2.05 bits per heavy atom. The third kappa shape index (κ3) is 3.94. The van der Waals surface area contributed by atoms with Crippen LogP contribution in [0.3, 0.4) is 0 Å². The first-order valence-corrected chi connectivity index (χ1v) is 6.67. The largest absolute Gasteiger partial charge is 0.385 e. The highest BCUT2D eigenvalue weighted by Crippen LogP contribution is 2.21. The van der Waals surface area contributed by atoms with Crippen molar-refractivity contribution in [3.8, 4) is 0 Å². The molecule has 1 aliphatic rings. The summed E-state index contributed by atoms with van der Waals surface area (Å²) in [4.78, 5) is 4.40. The van der Waals surface area contributed by atoms with E-state index in [1.807, 2.05) is 0 Å². The fourth-order valence-corrected chi connectivity index (χ4v) is 2.39. The number of ether oxygens (including phenoxy) is 1. The molecular formula is C14H22N4O. The summed E-state index contributed by atoms with van der Waals surface area (Å²) < 4.78 is 4.99. The Balaban J connectivity index is 1.84. The number of nitrogens with one attached hydrogen (secondary N) is 2. The van der Waals surface area contributed by atoms with Gasteiger partial charge in [-0.25, -0.2) is 5.84 Å². The van der Waals surface area contributed by atoms with Gasteiger partial charge in [0, 0.05) is 26.3 Å². The lowest BCUT2D eigenvalue weighted by atomic mass is 10.1. The summed E-state index contributed by atoms with van der Waals surface area (Å²) in [7, 11) is 1.69. The van der Waals surface area contributed by atoms with E-state index < -0.39 is 0 Å². The smallest absolute Gasteiger partial charge is 0.205 e. The fourth-order valence-electron chi connectivity index (χ4n) is 2.39. The molecule has 1 aromatic carbocycles. The molecule has 0 fully saturated rings. The summed E-state index contributed by atoms with van der Waals surface area (Å²) in [5, 5.41) is 3.36. The molecule has 19 heavy (non-hydrogen) atoms. The van der Waals surface area contributed by atoms with Gasteiger partial charge < -0.3 is 10.1 Å². The lowest BCUT2D eigenvalue weighted by Gasteiger charge is -2.15. The van der Waals surface area contributed by atoms with Crippen molar-refractivity contribution in [1.82, 2.24) is 10.7 Å². The number of methoxy groups -OCH3 is 1. The van der Waals surface area contributed by atoms with Crippen LogP contribution in [-0.4, -0.2) is 32.3 Å². The SMILES string of the molecule is COCCCN=C(NN)NC1Cc2ccccc2C1. The summed E-state index contributed by atoms with van der Waals surface area (Å²) in [6, 6.07) is 8.91. The van der Waals surface area contributed by atoms with E-state index in [2.05, 4.69) is 40.0 Å². The molecule has 0 bridgehead atoms. The van der Waals surface area contributed by atoms with E-state index >= 15 is 0 Å². The molecule has 2 rings (SSSR count). The molecule has 5 heteroatoms. The average molecular weight is 262 g/mol. The Labute approximate surface area is 114 Å². The highest BCUT2D eigenvalue weighted by Gasteiger charge is 2.21. The maximum absolute atomic E-state index is 5.50. The molecule has 0 radical (unpaired) electrons. The first-order valence-electron chi connectivity index (χ1n) is 6.67. The molecule has 1 aliphatic carbocycles. The van der Waals surface area contributed by atoms with Crippen LogP contribution in [-0.2, 0) is 17.6 Å². The van der Waals surface area contributed by atoms with Crippen molar-refractivity contribution < 1.29 is 4.74 Å². The van der Waals surface area contributed by atoms with Gasteiger partial charge in [-0.3, -0.25) is 10.4 Å². The van der Waals surface area contributed by atoms with Gasteiger partial charge in [0.15, 0.2) is 0 Å². The number of benzene rings is 1. The highest BCUT2D eigenvalue weighted by atomic mass is 16.5. The summed E-state index contributed by atoms with van der Waals surface area (Å²) in [6.07, 6.45) is 2.94. The van der Waals surface area contributed by atoms with Crippen molar-refractivity contribution in [2.45, 2.75) is 25.3 Å². The fraction of sp³-hybridized carbons (Fsp3) is 0.500. The van der Waals surface area contributed by atoms with Crippen LogP contribution in [0.25, 0.3) is 0 Å². The second-order valence-corrected chi connectivity index (χ2v) is 4.74. The molecule has 5 nitrogen and oxygen atoms in total. The van der Waals surface area contributed by atoms with E-state index in [-0.39, 0.29) is 0 Å². The zero-order chi connectivity index (χ0) is 13.5. The normalized spacial score (nSPS) is 15.4. The topological polar surface area (TPSA) is 71.7 Å². The third-order valence-electron chi connectivity index (χ3n) is 3.31. The van der Waals surface area contributed by atoms with E-state index in [0.717, 1.165) is 25.9 Å². The zero-order valence-corrected chi connectivity index (χ0v) is 11.4. The number of hydrogen-bond donors (Lipinski definition) is 3. The molecule has 4 N–H and O–H groups in total. The Hall–Kier alpha value is -1.59. The summed E-state index contributed by atoms with van der Waals surface area (Å²) in [5.41, 5.74) is 5.46. The molecule has 0 atom stereocenters. The maximum atomic E-state index is 5.50. The van der Waals surface area contributed by atoms with Crippen LogP contribution in [0.15, 0.2) is 29.3 Å². The number of guanidine groups is 1. The predicted octanol–water partition coefficient (Wildman–Crippen LogP) is 0.599. The lowest BCUT2D eigenvalue weighted by Crippen LogP contribution is -2.46. The van der Waals surface area contributed by atoms with E-state index in [1.54, 1.807) is 7.11 Å². The van der Waals surface area contributed by atoms with Gasteiger partial charge in [0.1, 0.15) is 0 Å². The Morgan fingerprint density at radius 3 is 2.63 bits per heavy atom. The van der Waals surface area contributed by atoms with Crippen LogP contribution < -0.4 is 16.6 Å². The number of hydrazine groups is 1. The van der Waals surface area contributed by atoms with Gasteiger partial charge in [-0.05, 0) is 30.4 Å². The van der Waals surface area contributed by atoms with Crippen molar-refractivity contribution in [3.05, 3.63) is 35.4 Å². The van der Waals surface area contributed by atoms with Crippen LogP contribution in [0.2, 0.25) is 0 Å². The quantitative estimate of drug-likeness (QED) is 0.239. The summed E-state index contributed by atoms with van der Waals surface area (Å²) in [6.45, 7) is 1.43. The number of nitrogens with two attached hydrogens (primary N) is 1. The monoisotopic (exact) mass is 262 g/mol. The highest BCUT2D eigenvalue weighted by molar-refractivity contribution is 5.79. The second kappa shape index (κ2) is 7.11. The third-order valence-corrected chi connectivity index (χ3v) is 3.31. The van der Waals surface area contributed by atoms with Crippen molar-refractivity contribution >= 4 is 5.96 Å². The van der Waals surface area contributed by atoms with Crippen molar-refractivity contribution in [2.75, 3.05) is 20.3 Å². The van der Waals surface area contributed by atoms with Crippen LogP contribution in [0.5, 0.6) is 0 Å². The average Bonchev–Trinajstić information content (AvgIpc) is 2.84. The van der Waals surface area contributed by atoms with E-state index in [1.165, 1.54) is 11.1 Å². The number of fused-ring (bicyclic) bond motifs is 1. The molecule has 0 spiro atoms. The number of rotatable bonds is 5. The molecule has 104 valence electrons. The minimum absolute atomic E-state index is 0.370. The van der Waals surface area contributed by atoms with Crippen molar-refractivity contribution in [2.24, 2.45) is 10.8 Å². The lowest BCUT2D eigenvalue weighted by molar-refractivity contribution is 0.197. The van der Waals surface area contributed by atoms with E-state index in [4.69, 9.17) is 10.6 Å². The Bertz CT molecular complexity index is 408. The number of nitrogens with zero attached hydrogens (tertiary/aromatic N) is 1. The Kier molecular flexibility index (Phi) is 5.18. The van der Waals surface area contributed by atoms with Gasteiger partial charge >= 0.3 is 0 Å². The predicted molar refractivity (Wildman–Crippen MR) is 76.9 cm³/mol. The zero-order valence-electron chi connectivity index (χ0n) is 11.4. The number of aliphatic imine (C=N–C) groups is 1. The second-order valence-electron chi connectivity index (χ2n) is 4.74. The number of hydrogen-bond acceptors (Lipinski definition) is 3. The summed E-state index contributed by atoms with van der Waals surface area (Å²) in [5.74, 6) is 6.16. The molecule has 0 aromatic heterocycles. The minimum Gasteiger partial charge on any atom is -0.385 e. The first-order chi connectivity index (χ1) is 9.33. The molecule has 0 saturated carbocycles. The van der Waals surface area contributed by atoms with Crippen LogP contribution in [0.1, 0.15) is 17.5 Å². The van der Waals surface area contributed by atoms with Crippen LogP contribution in [0, 0.1) is 0 Å². The van der Waals surface area contributed by atoms with Crippen LogP contribution in [0.4, 0.5) is 0 Å². The van der Waals surface area contributed by atoms with Gasteiger partial charge in [0.25, 0.3) is 0 Å². The minimum atomic E-state index is 0.370. The van der Waals surface area contributed by atoms with Gasteiger partial charge in [0.2, 0.25) is 5.96 Å². The van der Waals surface area contributed by atoms with E-state index in [9.17, 15) is 0 Å². The van der Waals surface area contributed by atoms with Gasteiger partial charge in [-0.15, -0.1) is 0 Å². The molecule has 0 heterocycles. The van der Waals surface area contributed by atoms with Crippen molar-refractivity contribution in [3.63, 3.8) is 0 Å². The first kappa shape index (κ1) is 13.8. The van der Waals surface area contributed by atoms with E-state index in [0.29, 0.717) is 18.5 Å². The molecule has 0 saturated heterocycles. The van der Waals surface area contributed by atoms with Crippen molar-refractivity contribution in [1.29, 1.82) is 0 Å². The standard InChI is InChI=1S/C14H22N4O/c1-19-8-4-7-16-14(18-15)17-13-9-11-5-2-3-6-12(11)10-13/h2-3,5-6,13H,4,7-10,15H2,1H3,(H2,16,17,18). The molecule has 0 unspecified atom stereocenters. The molecule has 0 aliphatic heterocycles. The van der Waals surface area contributed by atoms with Gasteiger partial charge in [-0.1, -0.05) is 24.3 Å².